The number of hydrogen-bond acceptors (Lipinski definition) is 2. The van der Waals surface area contributed by atoms with Gasteiger partial charge in [-0.15, -0.1) is 0 Å². The summed E-state index contributed by atoms with van der Waals surface area (Å²) >= 11 is 0. The van der Waals surface area contributed by atoms with Crippen LogP contribution in [0, 0.1) is 0 Å². The van der Waals surface area contributed by atoms with E-state index in [1.165, 1.54) is 23.3 Å². The monoisotopic (exact) mass is 268 g/mol. The Labute approximate surface area is 119 Å². The van der Waals surface area contributed by atoms with E-state index in [9.17, 15) is 9.59 Å². The maximum atomic E-state index is 11.6. The van der Waals surface area contributed by atoms with Gasteiger partial charge in [-0.3, -0.25) is 9.59 Å². The van der Waals surface area contributed by atoms with Gasteiger partial charge in [-0.2, -0.15) is 0 Å². The highest BCUT2D eigenvalue weighted by atomic mass is 16.1. The molecule has 0 amide bonds. The zero-order valence-corrected chi connectivity index (χ0v) is 12.1. The van der Waals surface area contributed by atoms with Gasteiger partial charge in [0.1, 0.15) is 11.6 Å². The summed E-state index contributed by atoms with van der Waals surface area (Å²) in [4.78, 5) is 22.5. The molecule has 2 heteroatoms. The third-order valence-electron chi connectivity index (χ3n) is 3.64. The third kappa shape index (κ3) is 3.77. The number of benzene rings is 2. The number of fused-ring (bicyclic) bond motifs is 1. The molecule has 0 radical (unpaired) electrons. The van der Waals surface area contributed by atoms with Crippen LogP contribution in [0.5, 0.6) is 0 Å². The lowest BCUT2D eigenvalue weighted by Crippen LogP contribution is -2.06. The molecule has 0 aliphatic rings. The highest BCUT2D eigenvalue weighted by Crippen LogP contribution is 2.25. The lowest BCUT2D eigenvalue weighted by Gasteiger charge is -2.12. The van der Waals surface area contributed by atoms with Crippen LogP contribution in [-0.4, -0.2) is 11.6 Å². The van der Waals surface area contributed by atoms with E-state index in [0.29, 0.717) is 12.3 Å². The molecule has 1 atom stereocenters. The molecule has 0 saturated heterocycles. The average Bonchev–Trinajstić information content (AvgIpc) is 2.43. The zero-order chi connectivity index (χ0) is 14.5. The number of hydrogen-bond donors (Lipinski definition) is 0. The Morgan fingerprint density at radius 1 is 1.05 bits per heavy atom. The van der Waals surface area contributed by atoms with Crippen LogP contribution >= 0.6 is 0 Å². The van der Waals surface area contributed by atoms with Crippen LogP contribution in [0.2, 0.25) is 0 Å². The van der Waals surface area contributed by atoms with Gasteiger partial charge in [0.2, 0.25) is 0 Å². The molecule has 0 saturated carbocycles. The predicted octanol–water partition coefficient (Wildman–Crippen LogP) is 4.27. The zero-order valence-electron chi connectivity index (χ0n) is 12.1. The second kappa shape index (κ2) is 6.47. The Kier molecular flexibility index (Phi) is 4.67. The van der Waals surface area contributed by atoms with Crippen LogP contribution in [-0.2, 0) is 9.59 Å². The van der Waals surface area contributed by atoms with Crippen molar-refractivity contribution in [3.8, 4) is 0 Å². The Bertz CT molecular complexity index is 628. The van der Waals surface area contributed by atoms with Crippen molar-refractivity contribution in [2.75, 3.05) is 0 Å². The summed E-state index contributed by atoms with van der Waals surface area (Å²) in [6.07, 6.45) is 1.35. The highest BCUT2D eigenvalue weighted by Gasteiger charge is 2.10. The first kappa shape index (κ1) is 14.4. The van der Waals surface area contributed by atoms with Gasteiger partial charge >= 0.3 is 0 Å². The van der Waals surface area contributed by atoms with E-state index in [4.69, 9.17) is 0 Å². The minimum absolute atomic E-state index is 0.0464. The van der Waals surface area contributed by atoms with Crippen LogP contribution in [0.3, 0.4) is 0 Å². The lowest BCUT2D eigenvalue weighted by atomic mass is 9.92. The van der Waals surface area contributed by atoms with E-state index in [-0.39, 0.29) is 18.0 Å². The van der Waals surface area contributed by atoms with Crippen molar-refractivity contribution in [2.45, 2.75) is 39.0 Å². The molecule has 1 unspecified atom stereocenters. The molecule has 20 heavy (non-hydrogen) atoms. The van der Waals surface area contributed by atoms with Crippen LogP contribution in [0.15, 0.2) is 42.5 Å². The maximum absolute atomic E-state index is 11.6. The van der Waals surface area contributed by atoms with Crippen LogP contribution in [0.1, 0.15) is 44.6 Å². The molecule has 0 heterocycles. The fraction of sp³-hybridized carbons (Fsp3) is 0.333. The minimum Gasteiger partial charge on any atom is -0.300 e. The van der Waals surface area contributed by atoms with E-state index >= 15 is 0 Å². The molecule has 2 aromatic rings. The Balaban J connectivity index is 2.02. The molecule has 2 rings (SSSR count). The molecule has 0 aliphatic carbocycles. The number of carbonyl (C=O) groups excluding carboxylic acids is 2. The lowest BCUT2D eigenvalue weighted by molar-refractivity contribution is -0.125. The van der Waals surface area contributed by atoms with Crippen molar-refractivity contribution in [1.82, 2.24) is 0 Å². The molecule has 0 fully saturated rings. The molecule has 0 aromatic heterocycles. The smallest absolute Gasteiger partial charge is 0.140 e. The average molecular weight is 268 g/mol. The molecular weight excluding hydrogens is 248 g/mol. The standard InChI is InChI=1S/C18H20O2/c1-13(7-10-18(20)11-14(2)19)16-9-8-15-5-3-4-6-17(15)12-16/h3-6,8-9,12-13H,7,10-11H2,1-2H3. The molecule has 0 aliphatic heterocycles. The first-order valence-corrected chi connectivity index (χ1v) is 7.06. The van der Waals surface area contributed by atoms with Gasteiger partial charge in [-0.25, -0.2) is 0 Å². The van der Waals surface area contributed by atoms with Crippen molar-refractivity contribution < 1.29 is 9.59 Å². The van der Waals surface area contributed by atoms with Crippen molar-refractivity contribution >= 4 is 22.3 Å². The quantitative estimate of drug-likeness (QED) is 0.733. The van der Waals surface area contributed by atoms with E-state index in [2.05, 4.69) is 37.3 Å². The number of Topliss-reactive ketones (excluding diaryl/α,β-unsaturated/α-hetero) is 2. The van der Waals surface area contributed by atoms with Crippen molar-refractivity contribution in [3.05, 3.63) is 48.0 Å². The van der Waals surface area contributed by atoms with Gasteiger partial charge in [0.15, 0.2) is 0 Å². The SMILES string of the molecule is CC(=O)CC(=O)CCC(C)c1ccc2ccccc2c1. The first-order valence-electron chi connectivity index (χ1n) is 7.06. The Morgan fingerprint density at radius 2 is 1.75 bits per heavy atom. The van der Waals surface area contributed by atoms with Gasteiger partial charge in [-0.05, 0) is 35.6 Å². The summed E-state index contributed by atoms with van der Waals surface area (Å²) in [5.41, 5.74) is 1.25. The second-order valence-corrected chi connectivity index (χ2v) is 5.46. The normalized spacial score (nSPS) is 12.3. The summed E-state index contributed by atoms with van der Waals surface area (Å²) in [6, 6.07) is 14.7. The first-order chi connectivity index (χ1) is 9.56. The van der Waals surface area contributed by atoms with E-state index in [1.807, 2.05) is 12.1 Å². The molecule has 2 aromatic carbocycles. The van der Waals surface area contributed by atoms with E-state index < -0.39 is 0 Å². The van der Waals surface area contributed by atoms with Gasteiger partial charge in [0.05, 0.1) is 6.42 Å². The number of ketones is 2. The summed E-state index contributed by atoms with van der Waals surface area (Å²) in [5, 5.41) is 2.46. The molecule has 104 valence electrons. The largest absolute Gasteiger partial charge is 0.300 e. The number of carbonyl (C=O) groups is 2. The molecule has 0 bridgehead atoms. The van der Waals surface area contributed by atoms with E-state index in [0.717, 1.165) is 6.42 Å². The number of rotatable bonds is 6. The van der Waals surface area contributed by atoms with Crippen LogP contribution in [0.25, 0.3) is 10.8 Å². The molecule has 0 N–H and O–H groups in total. The predicted molar refractivity (Wildman–Crippen MR) is 81.9 cm³/mol. The third-order valence-corrected chi connectivity index (χ3v) is 3.64. The fourth-order valence-electron chi connectivity index (χ4n) is 2.42. The van der Waals surface area contributed by atoms with Crippen LogP contribution in [0.4, 0.5) is 0 Å². The molecule has 0 spiro atoms. The van der Waals surface area contributed by atoms with Gasteiger partial charge in [0.25, 0.3) is 0 Å². The summed E-state index contributed by atoms with van der Waals surface area (Å²) < 4.78 is 0. The minimum atomic E-state index is -0.0478. The fourth-order valence-corrected chi connectivity index (χ4v) is 2.42. The maximum Gasteiger partial charge on any atom is 0.140 e. The van der Waals surface area contributed by atoms with Crippen molar-refractivity contribution in [1.29, 1.82) is 0 Å². The summed E-state index contributed by atoms with van der Waals surface area (Å²) in [5.74, 6) is 0.328. The molecular formula is C18H20O2. The Morgan fingerprint density at radius 3 is 2.45 bits per heavy atom. The van der Waals surface area contributed by atoms with Crippen molar-refractivity contribution in [3.63, 3.8) is 0 Å². The summed E-state index contributed by atoms with van der Waals surface area (Å²) in [7, 11) is 0. The van der Waals surface area contributed by atoms with Crippen molar-refractivity contribution in [2.24, 2.45) is 0 Å². The summed E-state index contributed by atoms with van der Waals surface area (Å²) in [6.45, 7) is 3.59. The molecule has 2 nitrogen and oxygen atoms in total. The van der Waals surface area contributed by atoms with Crippen LogP contribution < -0.4 is 0 Å². The van der Waals surface area contributed by atoms with Gasteiger partial charge in [-0.1, -0.05) is 49.4 Å². The van der Waals surface area contributed by atoms with E-state index in [1.54, 1.807) is 0 Å². The topological polar surface area (TPSA) is 34.1 Å². The Hall–Kier alpha value is -1.96. The highest BCUT2D eigenvalue weighted by molar-refractivity contribution is 5.97. The van der Waals surface area contributed by atoms with Gasteiger partial charge < -0.3 is 0 Å². The van der Waals surface area contributed by atoms with Gasteiger partial charge in [0, 0.05) is 6.42 Å². The second-order valence-electron chi connectivity index (χ2n) is 5.46.